The molecule has 2 N–H and O–H groups in total. The summed E-state index contributed by atoms with van der Waals surface area (Å²) in [7, 11) is 0. The summed E-state index contributed by atoms with van der Waals surface area (Å²) in [4.78, 5) is 15.6. The molecule has 0 fully saturated rings. The Morgan fingerprint density at radius 2 is 1.95 bits per heavy atom. The number of nitrogens with zero attached hydrogens (tertiary/aromatic N) is 1. The van der Waals surface area contributed by atoms with Crippen LogP contribution in [-0.4, -0.2) is 11.1 Å². The van der Waals surface area contributed by atoms with Crippen molar-refractivity contribution in [2.24, 2.45) is 10.7 Å². The summed E-state index contributed by atoms with van der Waals surface area (Å²) in [5, 5.41) is 0.269. The van der Waals surface area contributed by atoms with Crippen molar-refractivity contribution in [2.45, 2.75) is 0 Å². The van der Waals surface area contributed by atoms with Gasteiger partial charge in [0.1, 0.15) is 11.5 Å². The van der Waals surface area contributed by atoms with Crippen LogP contribution in [-0.2, 0) is 4.79 Å². The highest BCUT2D eigenvalue weighted by atomic mass is 127. The third kappa shape index (κ3) is 2.80. The van der Waals surface area contributed by atoms with Gasteiger partial charge in [-0.05, 0) is 58.6 Å². The van der Waals surface area contributed by atoms with E-state index in [1.807, 2.05) is 36.4 Å². The number of benzene rings is 1. The lowest BCUT2D eigenvalue weighted by Crippen LogP contribution is -2.01. The Hall–Kier alpha value is -1.54. The summed E-state index contributed by atoms with van der Waals surface area (Å²) in [6.07, 6.45) is 1.66. The quantitative estimate of drug-likeness (QED) is 0.624. The van der Waals surface area contributed by atoms with Crippen LogP contribution in [0.5, 0.6) is 0 Å². The molecule has 1 aromatic heterocycles. The molecule has 2 aromatic rings. The predicted octanol–water partition coefficient (Wildman–Crippen LogP) is 3.48. The van der Waals surface area contributed by atoms with Crippen molar-refractivity contribution in [3.8, 4) is 11.3 Å². The molecular formula is C14H9IN2O2S. The van der Waals surface area contributed by atoms with E-state index in [2.05, 4.69) is 27.6 Å². The van der Waals surface area contributed by atoms with Gasteiger partial charge < -0.3 is 10.2 Å². The maximum Gasteiger partial charge on any atom is 0.286 e. The number of hydrogen-bond acceptors (Lipinski definition) is 4. The molecule has 0 saturated heterocycles. The van der Waals surface area contributed by atoms with E-state index in [9.17, 15) is 4.79 Å². The van der Waals surface area contributed by atoms with Crippen LogP contribution in [0.4, 0.5) is 0 Å². The van der Waals surface area contributed by atoms with Crippen LogP contribution in [0.25, 0.3) is 17.4 Å². The van der Waals surface area contributed by atoms with Crippen LogP contribution >= 0.6 is 34.4 Å². The number of nitrogens with two attached hydrogens (primary N) is 1. The van der Waals surface area contributed by atoms with Gasteiger partial charge in [0.25, 0.3) is 5.91 Å². The van der Waals surface area contributed by atoms with Crippen LogP contribution < -0.4 is 5.73 Å². The number of rotatable bonds is 2. The maximum atomic E-state index is 11.5. The molecule has 1 aliphatic heterocycles. The van der Waals surface area contributed by atoms with E-state index < -0.39 is 0 Å². The summed E-state index contributed by atoms with van der Waals surface area (Å²) in [5.41, 5.74) is 6.50. The highest BCUT2D eigenvalue weighted by Gasteiger charge is 2.20. The number of halogens is 1. The van der Waals surface area contributed by atoms with Gasteiger partial charge in [-0.2, -0.15) is 4.99 Å². The molecule has 1 aromatic carbocycles. The van der Waals surface area contributed by atoms with Gasteiger partial charge in [-0.1, -0.05) is 12.1 Å². The first-order valence-corrected chi connectivity index (χ1v) is 7.65. The van der Waals surface area contributed by atoms with Crippen LogP contribution in [0.2, 0.25) is 0 Å². The lowest BCUT2D eigenvalue weighted by atomic mass is 10.2. The predicted molar refractivity (Wildman–Crippen MR) is 89.1 cm³/mol. The molecule has 4 nitrogen and oxygen atoms in total. The first-order valence-electron chi connectivity index (χ1n) is 5.75. The zero-order valence-corrected chi connectivity index (χ0v) is 13.1. The fraction of sp³-hybridized carbons (Fsp3) is 0. The minimum atomic E-state index is -0.320. The molecule has 20 heavy (non-hydrogen) atoms. The molecule has 1 aliphatic rings. The highest BCUT2D eigenvalue weighted by Crippen LogP contribution is 2.29. The normalized spacial score (nSPS) is 16.8. The van der Waals surface area contributed by atoms with Gasteiger partial charge in [-0.3, -0.25) is 4.79 Å². The number of carbonyl (C=O) groups excluding carboxylic acids is 1. The monoisotopic (exact) mass is 396 g/mol. The molecule has 0 spiro atoms. The van der Waals surface area contributed by atoms with Crippen LogP contribution in [0.15, 0.2) is 50.7 Å². The summed E-state index contributed by atoms with van der Waals surface area (Å²) in [5.74, 6) is 1.05. The largest absolute Gasteiger partial charge is 0.457 e. The van der Waals surface area contributed by atoms with E-state index in [4.69, 9.17) is 10.2 Å². The molecule has 0 atom stereocenters. The number of hydrogen-bond donors (Lipinski definition) is 1. The summed E-state index contributed by atoms with van der Waals surface area (Å²) in [6.45, 7) is 0. The van der Waals surface area contributed by atoms with E-state index in [-0.39, 0.29) is 11.1 Å². The van der Waals surface area contributed by atoms with E-state index >= 15 is 0 Å². The smallest absolute Gasteiger partial charge is 0.286 e. The fourth-order valence-corrected chi connectivity index (χ4v) is 2.78. The number of aliphatic imine (C=N–C) groups is 1. The Bertz CT molecular complexity index is 732. The summed E-state index contributed by atoms with van der Waals surface area (Å²) < 4.78 is 6.89. The molecule has 100 valence electrons. The van der Waals surface area contributed by atoms with Gasteiger partial charge in [0.2, 0.25) is 0 Å². The van der Waals surface area contributed by atoms with Crippen molar-refractivity contribution >= 4 is 51.5 Å². The van der Waals surface area contributed by atoms with E-state index in [1.54, 1.807) is 6.08 Å². The first-order chi connectivity index (χ1) is 9.61. The van der Waals surface area contributed by atoms with E-state index in [0.29, 0.717) is 10.7 Å². The Morgan fingerprint density at radius 1 is 1.20 bits per heavy atom. The molecule has 2 heterocycles. The summed E-state index contributed by atoms with van der Waals surface area (Å²) >= 11 is 3.41. The molecule has 6 heteroatoms. The second kappa shape index (κ2) is 5.45. The van der Waals surface area contributed by atoms with Crippen molar-refractivity contribution < 1.29 is 9.21 Å². The number of carbonyl (C=O) groups is 1. The Kier molecular flexibility index (Phi) is 3.66. The number of amidine groups is 1. The Balaban J connectivity index is 1.86. The maximum absolute atomic E-state index is 11.5. The third-order valence-corrected chi connectivity index (χ3v) is 4.20. The number of amides is 1. The van der Waals surface area contributed by atoms with E-state index in [0.717, 1.165) is 23.1 Å². The molecule has 1 amide bonds. The average Bonchev–Trinajstić information content (AvgIpc) is 2.98. The van der Waals surface area contributed by atoms with Crippen molar-refractivity contribution in [2.75, 3.05) is 0 Å². The minimum Gasteiger partial charge on any atom is -0.457 e. The SMILES string of the molecule is NC1=NC(=O)C(=Cc2ccc(-c3ccc(I)cc3)o2)S1. The standard InChI is InChI=1S/C14H9IN2O2S/c15-9-3-1-8(2-4-9)11-6-5-10(19-11)7-12-13(18)17-14(16)20-12/h1-7H,(H2,16,17,18). The fourth-order valence-electron chi connectivity index (χ4n) is 1.75. The van der Waals surface area contributed by atoms with Crippen molar-refractivity contribution in [3.05, 3.63) is 50.6 Å². The first kappa shape index (κ1) is 13.4. The molecule has 0 saturated carbocycles. The molecule has 0 bridgehead atoms. The van der Waals surface area contributed by atoms with Gasteiger partial charge in [0, 0.05) is 15.2 Å². The van der Waals surface area contributed by atoms with Crippen LogP contribution in [0, 0.1) is 3.57 Å². The zero-order valence-electron chi connectivity index (χ0n) is 10.2. The van der Waals surface area contributed by atoms with Crippen molar-refractivity contribution in [1.29, 1.82) is 0 Å². The van der Waals surface area contributed by atoms with Gasteiger partial charge in [0.15, 0.2) is 5.17 Å². The lowest BCUT2D eigenvalue weighted by molar-refractivity contribution is -0.113. The lowest BCUT2D eigenvalue weighted by Gasteiger charge is -1.97. The Morgan fingerprint density at radius 3 is 2.60 bits per heavy atom. The number of thioether (sulfide) groups is 1. The van der Waals surface area contributed by atoms with Gasteiger partial charge in [-0.25, -0.2) is 0 Å². The van der Waals surface area contributed by atoms with Gasteiger partial charge in [-0.15, -0.1) is 0 Å². The molecule has 0 unspecified atom stereocenters. The second-order valence-corrected chi connectivity index (χ2v) is 6.38. The van der Waals surface area contributed by atoms with E-state index in [1.165, 1.54) is 3.57 Å². The van der Waals surface area contributed by atoms with Crippen LogP contribution in [0.1, 0.15) is 5.76 Å². The Labute approximate surface area is 133 Å². The van der Waals surface area contributed by atoms with Crippen molar-refractivity contribution in [1.82, 2.24) is 0 Å². The highest BCUT2D eigenvalue weighted by molar-refractivity contribution is 14.1. The molecule has 0 radical (unpaired) electrons. The average molecular weight is 396 g/mol. The second-order valence-electron chi connectivity index (χ2n) is 4.07. The topological polar surface area (TPSA) is 68.6 Å². The number of furan rings is 1. The zero-order chi connectivity index (χ0) is 14.1. The molecular weight excluding hydrogens is 387 g/mol. The van der Waals surface area contributed by atoms with Gasteiger partial charge in [0.05, 0.1) is 4.91 Å². The minimum absolute atomic E-state index is 0.269. The van der Waals surface area contributed by atoms with Crippen molar-refractivity contribution in [3.63, 3.8) is 0 Å². The molecule has 0 aliphatic carbocycles. The molecule has 3 rings (SSSR count). The third-order valence-electron chi connectivity index (χ3n) is 2.67. The van der Waals surface area contributed by atoms with Crippen LogP contribution in [0.3, 0.4) is 0 Å². The van der Waals surface area contributed by atoms with Gasteiger partial charge >= 0.3 is 0 Å². The summed E-state index contributed by atoms with van der Waals surface area (Å²) in [6, 6.07) is 11.7.